The predicted molar refractivity (Wildman–Crippen MR) is 68.4 cm³/mol. The molecule has 17 heavy (non-hydrogen) atoms. The van der Waals surface area contributed by atoms with Crippen LogP contribution in [0.2, 0.25) is 10.3 Å². The first-order valence-electron chi connectivity index (χ1n) is 5.01. The van der Waals surface area contributed by atoms with Gasteiger partial charge in [0.25, 0.3) is 0 Å². The second kappa shape index (κ2) is 4.02. The van der Waals surface area contributed by atoms with E-state index in [0.717, 1.165) is 11.1 Å². The van der Waals surface area contributed by atoms with Gasteiger partial charge in [-0.15, -0.1) is 0 Å². The van der Waals surface area contributed by atoms with Gasteiger partial charge in [-0.3, -0.25) is 0 Å². The van der Waals surface area contributed by atoms with E-state index in [1.807, 2.05) is 30.3 Å². The highest BCUT2D eigenvalue weighted by molar-refractivity contribution is 6.33. The molecule has 0 saturated heterocycles. The Morgan fingerprint density at radius 1 is 1.06 bits per heavy atom. The van der Waals surface area contributed by atoms with Crippen LogP contribution < -0.4 is 0 Å². The number of rotatable bonds is 1. The van der Waals surface area contributed by atoms with Crippen molar-refractivity contribution in [1.29, 1.82) is 0 Å². The number of halogens is 2. The predicted octanol–water partition coefficient (Wildman–Crippen LogP) is 3.70. The number of nitrogens with zero attached hydrogens (tertiary/aromatic N) is 3. The molecule has 0 aliphatic rings. The highest BCUT2D eigenvalue weighted by atomic mass is 35.5. The third-order valence-corrected chi connectivity index (χ3v) is 2.94. The summed E-state index contributed by atoms with van der Waals surface area (Å²) in [5.41, 5.74) is 2.61. The summed E-state index contributed by atoms with van der Waals surface area (Å²) in [5.74, 6) is 0. The van der Waals surface area contributed by atoms with Crippen LogP contribution in [0.15, 0.2) is 42.6 Å². The van der Waals surface area contributed by atoms with Gasteiger partial charge >= 0.3 is 0 Å². The lowest BCUT2D eigenvalue weighted by Gasteiger charge is -2.00. The standard InChI is InChI=1S/C12H7Cl2N3/c13-10-6-11(14)17-12(16-10)9(7-15-17)8-4-2-1-3-5-8/h1-7H. The van der Waals surface area contributed by atoms with Gasteiger partial charge < -0.3 is 0 Å². The second-order valence-corrected chi connectivity index (χ2v) is 4.34. The second-order valence-electron chi connectivity index (χ2n) is 3.56. The van der Waals surface area contributed by atoms with Crippen LogP contribution in [0.25, 0.3) is 16.8 Å². The van der Waals surface area contributed by atoms with E-state index < -0.39 is 0 Å². The third-order valence-electron chi connectivity index (χ3n) is 2.48. The van der Waals surface area contributed by atoms with Crippen LogP contribution in [0.5, 0.6) is 0 Å². The molecule has 3 rings (SSSR count). The Kier molecular flexibility index (Phi) is 2.50. The highest BCUT2D eigenvalue weighted by Gasteiger charge is 2.10. The number of hydrogen-bond donors (Lipinski definition) is 0. The fourth-order valence-electron chi connectivity index (χ4n) is 1.72. The zero-order chi connectivity index (χ0) is 11.8. The Hall–Kier alpha value is -1.58. The summed E-state index contributed by atoms with van der Waals surface area (Å²) in [4.78, 5) is 4.25. The first-order chi connectivity index (χ1) is 8.25. The van der Waals surface area contributed by atoms with Gasteiger partial charge in [0.2, 0.25) is 0 Å². The van der Waals surface area contributed by atoms with Gasteiger partial charge in [0, 0.05) is 11.6 Å². The Morgan fingerprint density at radius 2 is 1.82 bits per heavy atom. The molecule has 0 aliphatic heterocycles. The van der Waals surface area contributed by atoms with E-state index in [0.29, 0.717) is 16.0 Å². The summed E-state index contributed by atoms with van der Waals surface area (Å²) >= 11 is 11.9. The van der Waals surface area contributed by atoms with Crippen LogP contribution >= 0.6 is 23.2 Å². The van der Waals surface area contributed by atoms with E-state index in [-0.39, 0.29) is 0 Å². The summed E-state index contributed by atoms with van der Waals surface area (Å²) in [6.07, 6.45) is 1.74. The molecule has 3 nitrogen and oxygen atoms in total. The smallest absolute Gasteiger partial charge is 0.166 e. The molecule has 2 aromatic heterocycles. The minimum Gasteiger partial charge on any atom is -0.216 e. The lowest BCUT2D eigenvalue weighted by atomic mass is 10.1. The molecule has 0 fully saturated rings. The van der Waals surface area contributed by atoms with E-state index in [1.165, 1.54) is 0 Å². The summed E-state index contributed by atoms with van der Waals surface area (Å²) < 4.78 is 1.57. The maximum Gasteiger partial charge on any atom is 0.166 e. The summed E-state index contributed by atoms with van der Waals surface area (Å²) in [6.45, 7) is 0. The minimum absolute atomic E-state index is 0.361. The first kappa shape index (κ1) is 10.6. The number of hydrogen-bond acceptors (Lipinski definition) is 2. The molecule has 0 atom stereocenters. The molecule has 0 amide bonds. The van der Waals surface area contributed by atoms with Crippen LogP contribution in [0, 0.1) is 0 Å². The molecule has 0 N–H and O–H groups in total. The fraction of sp³-hybridized carbons (Fsp3) is 0. The maximum atomic E-state index is 6.04. The van der Waals surface area contributed by atoms with Crippen molar-refractivity contribution in [1.82, 2.24) is 14.6 Å². The number of benzene rings is 1. The fourth-order valence-corrected chi connectivity index (χ4v) is 2.19. The van der Waals surface area contributed by atoms with E-state index in [2.05, 4.69) is 10.1 Å². The lowest BCUT2D eigenvalue weighted by molar-refractivity contribution is 0.940. The van der Waals surface area contributed by atoms with Crippen molar-refractivity contribution in [2.45, 2.75) is 0 Å². The van der Waals surface area contributed by atoms with Crippen molar-refractivity contribution in [2.75, 3.05) is 0 Å². The SMILES string of the molecule is Clc1cc(Cl)n2ncc(-c3ccccc3)c2n1. The maximum absolute atomic E-state index is 6.04. The molecule has 0 radical (unpaired) electrons. The molecule has 0 aliphatic carbocycles. The van der Waals surface area contributed by atoms with E-state index in [9.17, 15) is 0 Å². The van der Waals surface area contributed by atoms with Crippen molar-refractivity contribution in [3.8, 4) is 11.1 Å². The molecule has 3 aromatic rings. The molecule has 5 heteroatoms. The van der Waals surface area contributed by atoms with Crippen LogP contribution in [0.1, 0.15) is 0 Å². The molecule has 0 spiro atoms. The zero-order valence-electron chi connectivity index (χ0n) is 8.64. The average molecular weight is 264 g/mol. The third kappa shape index (κ3) is 1.77. The Bertz CT molecular complexity index is 677. The van der Waals surface area contributed by atoms with Gasteiger partial charge in [-0.25, -0.2) is 9.50 Å². The van der Waals surface area contributed by atoms with Crippen LogP contribution in [0.3, 0.4) is 0 Å². The van der Waals surface area contributed by atoms with Gasteiger partial charge in [-0.2, -0.15) is 5.10 Å². The average Bonchev–Trinajstić information content (AvgIpc) is 2.74. The minimum atomic E-state index is 0.361. The topological polar surface area (TPSA) is 30.2 Å². The van der Waals surface area contributed by atoms with Gasteiger partial charge in [0.15, 0.2) is 5.65 Å². The van der Waals surface area contributed by atoms with Crippen molar-refractivity contribution in [2.24, 2.45) is 0 Å². The van der Waals surface area contributed by atoms with E-state index in [4.69, 9.17) is 23.2 Å². The lowest BCUT2D eigenvalue weighted by Crippen LogP contribution is -1.92. The normalized spacial score (nSPS) is 10.9. The monoisotopic (exact) mass is 263 g/mol. The van der Waals surface area contributed by atoms with Crippen LogP contribution in [0.4, 0.5) is 0 Å². The summed E-state index contributed by atoms with van der Waals surface area (Å²) in [5, 5.41) is 5.01. The van der Waals surface area contributed by atoms with Gasteiger partial charge in [-0.1, -0.05) is 53.5 Å². The quantitative estimate of drug-likeness (QED) is 0.627. The number of aromatic nitrogens is 3. The molecule has 0 bridgehead atoms. The Morgan fingerprint density at radius 3 is 2.59 bits per heavy atom. The Labute approximate surface area is 108 Å². The van der Waals surface area contributed by atoms with Crippen LogP contribution in [-0.4, -0.2) is 14.6 Å². The first-order valence-corrected chi connectivity index (χ1v) is 5.76. The van der Waals surface area contributed by atoms with Gasteiger partial charge in [0.1, 0.15) is 10.3 Å². The summed E-state index contributed by atoms with van der Waals surface area (Å²) in [6, 6.07) is 11.4. The highest BCUT2D eigenvalue weighted by Crippen LogP contribution is 2.26. The molecule has 1 aromatic carbocycles. The zero-order valence-corrected chi connectivity index (χ0v) is 10.2. The van der Waals surface area contributed by atoms with Crippen LogP contribution in [-0.2, 0) is 0 Å². The van der Waals surface area contributed by atoms with Crippen molar-refractivity contribution < 1.29 is 0 Å². The molecule has 0 saturated carbocycles. The molecule has 84 valence electrons. The Balaban J connectivity index is 2.32. The molecular weight excluding hydrogens is 257 g/mol. The van der Waals surface area contributed by atoms with Gasteiger partial charge in [-0.05, 0) is 5.56 Å². The largest absolute Gasteiger partial charge is 0.216 e. The van der Waals surface area contributed by atoms with Crippen molar-refractivity contribution in [3.05, 3.63) is 52.9 Å². The van der Waals surface area contributed by atoms with Crippen molar-refractivity contribution >= 4 is 28.8 Å². The van der Waals surface area contributed by atoms with E-state index in [1.54, 1.807) is 16.8 Å². The van der Waals surface area contributed by atoms with Crippen molar-refractivity contribution in [3.63, 3.8) is 0 Å². The summed E-state index contributed by atoms with van der Waals surface area (Å²) in [7, 11) is 0. The molecule has 2 heterocycles. The van der Waals surface area contributed by atoms with Gasteiger partial charge in [0.05, 0.1) is 6.20 Å². The molecular formula is C12H7Cl2N3. The van der Waals surface area contributed by atoms with E-state index >= 15 is 0 Å². The molecule has 0 unspecified atom stereocenters. The number of fused-ring (bicyclic) bond motifs is 1.